The summed E-state index contributed by atoms with van der Waals surface area (Å²) < 4.78 is 13.1. The fraction of sp³-hybridized carbons (Fsp3) is 0.0714. The molecule has 19 heavy (non-hydrogen) atoms. The molecule has 0 fully saturated rings. The summed E-state index contributed by atoms with van der Waals surface area (Å²) >= 11 is 5.88. The van der Waals surface area contributed by atoms with E-state index in [0.717, 1.165) is 0 Å². The molecule has 0 radical (unpaired) electrons. The number of benzene rings is 2. The molecule has 0 aliphatic heterocycles. The van der Waals surface area contributed by atoms with Crippen molar-refractivity contribution in [2.24, 2.45) is 0 Å². The highest BCUT2D eigenvalue weighted by Crippen LogP contribution is 2.22. The van der Waals surface area contributed by atoms with Gasteiger partial charge in [0.2, 0.25) is 0 Å². The zero-order valence-corrected chi connectivity index (χ0v) is 10.8. The quantitative estimate of drug-likeness (QED) is 0.880. The van der Waals surface area contributed by atoms with E-state index in [0.29, 0.717) is 11.3 Å². The smallest absolute Gasteiger partial charge is 0.257 e. The first-order valence-corrected chi connectivity index (χ1v) is 5.91. The van der Waals surface area contributed by atoms with E-state index in [1.54, 1.807) is 6.92 Å². The summed E-state index contributed by atoms with van der Waals surface area (Å²) in [7, 11) is 0. The molecule has 0 bridgehead atoms. The summed E-state index contributed by atoms with van der Waals surface area (Å²) in [6, 6.07) is 8.34. The number of halogens is 2. The van der Waals surface area contributed by atoms with Crippen LogP contribution in [0.3, 0.4) is 0 Å². The molecule has 2 rings (SSSR count). The number of phenols is 1. The first-order chi connectivity index (χ1) is 8.97. The number of carbonyl (C=O) groups is 1. The van der Waals surface area contributed by atoms with E-state index >= 15 is 0 Å². The predicted molar refractivity (Wildman–Crippen MR) is 72.2 cm³/mol. The van der Waals surface area contributed by atoms with Crippen molar-refractivity contribution in [1.82, 2.24) is 0 Å². The van der Waals surface area contributed by atoms with Gasteiger partial charge in [-0.15, -0.1) is 0 Å². The highest BCUT2D eigenvalue weighted by molar-refractivity contribution is 6.34. The average molecular weight is 280 g/mol. The molecule has 0 aromatic heterocycles. The maximum atomic E-state index is 13.1. The van der Waals surface area contributed by atoms with E-state index < -0.39 is 5.91 Å². The molecule has 0 heterocycles. The van der Waals surface area contributed by atoms with Gasteiger partial charge in [-0.2, -0.15) is 0 Å². The molecule has 0 aliphatic rings. The molecule has 0 saturated carbocycles. The minimum Gasteiger partial charge on any atom is -0.508 e. The lowest BCUT2D eigenvalue weighted by atomic mass is 10.1. The third kappa shape index (κ3) is 3.03. The van der Waals surface area contributed by atoms with Crippen LogP contribution in [0.4, 0.5) is 10.1 Å². The summed E-state index contributed by atoms with van der Waals surface area (Å²) in [5, 5.41) is 12.2. The van der Waals surface area contributed by atoms with Gasteiger partial charge in [-0.25, -0.2) is 4.39 Å². The van der Waals surface area contributed by atoms with Gasteiger partial charge in [0, 0.05) is 5.69 Å². The Morgan fingerprint density at radius 1 is 1.26 bits per heavy atom. The Morgan fingerprint density at radius 3 is 2.68 bits per heavy atom. The van der Waals surface area contributed by atoms with Gasteiger partial charge >= 0.3 is 0 Å². The minimum absolute atomic E-state index is 0.0511. The van der Waals surface area contributed by atoms with Gasteiger partial charge in [-0.1, -0.05) is 11.6 Å². The number of anilines is 1. The van der Waals surface area contributed by atoms with E-state index in [1.807, 2.05) is 0 Å². The molecule has 5 heteroatoms. The van der Waals surface area contributed by atoms with E-state index in [-0.39, 0.29) is 22.2 Å². The Morgan fingerprint density at radius 2 is 2.00 bits per heavy atom. The second-order valence-corrected chi connectivity index (χ2v) is 4.49. The van der Waals surface area contributed by atoms with Crippen molar-refractivity contribution < 1.29 is 14.3 Å². The number of aryl methyl sites for hydroxylation is 1. The zero-order valence-electron chi connectivity index (χ0n) is 10.1. The molecule has 0 aliphatic carbocycles. The van der Waals surface area contributed by atoms with Crippen molar-refractivity contribution >= 4 is 23.2 Å². The molecule has 2 N–H and O–H groups in total. The Bertz CT molecular complexity index is 643. The molecule has 0 atom stereocenters. The molecule has 3 nitrogen and oxygen atoms in total. The Labute approximate surface area is 114 Å². The van der Waals surface area contributed by atoms with Gasteiger partial charge in [-0.05, 0) is 48.9 Å². The monoisotopic (exact) mass is 279 g/mol. The van der Waals surface area contributed by atoms with Crippen molar-refractivity contribution in [3.63, 3.8) is 0 Å². The SMILES string of the molecule is Cc1cc(NC(=O)c2cc(O)ccc2Cl)ccc1F. The summed E-state index contributed by atoms with van der Waals surface area (Å²) in [5.74, 6) is -0.856. The first-order valence-electron chi connectivity index (χ1n) is 5.53. The molecular weight excluding hydrogens is 269 g/mol. The molecule has 0 saturated heterocycles. The molecule has 98 valence electrons. The van der Waals surface area contributed by atoms with Crippen molar-refractivity contribution in [2.75, 3.05) is 5.32 Å². The van der Waals surface area contributed by atoms with Gasteiger partial charge in [0.15, 0.2) is 0 Å². The van der Waals surface area contributed by atoms with Gasteiger partial charge in [0.25, 0.3) is 5.91 Å². The van der Waals surface area contributed by atoms with Crippen LogP contribution in [-0.4, -0.2) is 11.0 Å². The minimum atomic E-state index is -0.466. The zero-order chi connectivity index (χ0) is 14.0. The van der Waals surface area contributed by atoms with E-state index in [4.69, 9.17) is 11.6 Å². The van der Waals surface area contributed by atoms with Crippen molar-refractivity contribution in [3.8, 4) is 5.75 Å². The number of amides is 1. The Hall–Kier alpha value is -2.07. The molecule has 0 spiro atoms. The molecule has 0 unspecified atom stereocenters. The van der Waals surface area contributed by atoms with E-state index in [1.165, 1.54) is 36.4 Å². The third-order valence-corrected chi connectivity index (χ3v) is 2.94. The normalized spacial score (nSPS) is 10.3. The summed E-state index contributed by atoms with van der Waals surface area (Å²) in [4.78, 5) is 12.0. The lowest BCUT2D eigenvalue weighted by Crippen LogP contribution is -2.12. The maximum absolute atomic E-state index is 13.1. The fourth-order valence-electron chi connectivity index (χ4n) is 1.61. The summed E-state index contributed by atoms with van der Waals surface area (Å²) in [6.07, 6.45) is 0. The van der Waals surface area contributed by atoms with E-state index in [9.17, 15) is 14.3 Å². The summed E-state index contributed by atoms with van der Waals surface area (Å²) in [5.41, 5.74) is 1.05. The maximum Gasteiger partial charge on any atom is 0.257 e. The highest BCUT2D eigenvalue weighted by atomic mass is 35.5. The Kier molecular flexibility index (Phi) is 3.71. The fourth-order valence-corrected chi connectivity index (χ4v) is 1.81. The van der Waals surface area contributed by atoms with Gasteiger partial charge in [-0.3, -0.25) is 4.79 Å². The second-order valence-electron chi connectivity index (χ2n) is 4.08. The van der Waals surface area contributed by atoms with E-state index in [2.05, 4.69) is 5.32 Å². The van der Waals surface area contributed by atoms with Crippen LogP contribution in [0, 0.1) is 12.7 Å². The number of nitrogens with one attached hydrogen (secondary N) is 1. The molecule has 1 amide bonds. The van der Waals surface area contributed by atoms with Gasteiger partial charge < -0.3 is 10.4 Å². The summed E-state index contributed by atoms with van der Waals surface area (Å²) in [6.45, 7) is 1.60. The number of phenolic OH excluding ortho intramolecular Hbond substituents is 1. The number of aromatic hydroxyl groups is 1. The standard InChI is InChI=1S/C14H11ClFNO2/c1-8-6-9(2-5-13(8)16)17-14(19)11-7-10(18)3-4-12(11)15/h2-7,18H,1H3,(H,17,19). The van der Waals surface area contributed by atoms with Crippen LogP contribution >= 0.6 is 11.6 Å². The predicted octanol–water partition coefficient (Wildman–Crippen LogP) is 3.75. The van der Waals surface area contributed by atoms with Crippen LogP contribution in [0.5, 0.6) is 5.75 Å². The Balaban J connectivity index is 2.25. The lowest BCUT2D eigenvalue weighted by Gasteiger charge is -2.08. The van der Waals surface area contributed by atoms with Crippen molar-refractivity contribution in [3.05, 3.63) is 58.4 Å². The van der Waals surface area contributed by atoms with Crippen LogP contribution in [0.1, 0.15) is 15.9 Å². The lowest BCUT2D eigenvalue weighted by molar-refractivity contribution is 0.102. The van der Waals surface area contributed by atoms with Crippen LogP contribution in [-0.2, 0) is 0 Å². The van der Waals surface area contributed by atoms with Gasteiger partial charge in [0.05, 0.1) is 10.6 Å². The largest absolute Gasteiger partial charge is 0.508 e. The van der Waals surface area contributed by atoms with Crippen LogP contribution in [0.15, 0.2) is 36.4 Å². The highest BCUT2D eigenvalue weighted by Gasteiger charge is 2.12. The number of hydrogen-bond donors (Lipinski definition) is 2. The number of rotatable bonds is 2. The van der Waals surface area contributed by atoms with Crippen molar-refractivity contribution in [2.45, 2.75) is 6.92 Å². The van der Waals surface area contributed by atoms with Crippen LogP contribution in [0.25, 0.3) is 0 Å². The average Bonchev–Trinajstić information content (AvgIpc) is 2.36. The molecule has 2 aromatic rings. The topological polar surface area (TPSA) is 49.3 Å². The van der Waals surface area contributed by atoms with Crippen molar-refractivity contribution in [1.29, 1.82) is 0 Å². The molecular formula is C14H11ClFNO2. The number of hydrogen-bond acceptors (Lipinski definition) is 2. The molecule has 2 aromatic carbocycles. The van der Waals surface area contributed by atoms with Crippen LogP contribution in [0.2, 0.25) is 5.02 Å². The van der Waals surface area contributed by atoms with Gasteiger partial charge in [0.1, 0.15) is 11.6 Å². The third-order valence-electron chi connectivity index (χ3n) is 2.61. The first kappa shape index (κ1) is 13.4. The van der Waals surface area contributed by atoms with Crippen LogP contribution < -0.4 is 5.32 Å². The second kappa shape index (κ2) is 5.28. The number of carbonyl (C=O) groups excluding carboxylic acids is 1.